The Kier molecular flexibility index (Phi) is 6.00. The summed E-state index contributed by atoms with van der Waals surface area (Å²) in [5.41, 5.74) is 5.76. The molecule has 0 unspecified atom stereocenters. The maximum absolute atomic E-state index is 13.7. The van der Waals surface area contributed by atoms with Crippen molar-refractivity contribution in [2.24, 2.45) is 5.73 Å². The van der Waals surface area contributed by atoms with E-state index in [9.17, 15) is 9.18 Å². The van der Waals surface area contributed by atoms with Crippen LogP contribution < -0.4 is 5.73 Å². The number of carbonyl (C=O) groups is 1. The summed E-state index contributed by atoms with van der Waals surface area (Å²) in [5, 5.41) is 8.88. The minimum absolute atomic E-state index is 0.0425. The molecule has 0 heterocycles. The van der Waals surface area contributed by atoms with Crippen LogP contribution in [0.1, 0.15) is 22.8 Å². The quantitative estimate of drug-likeness (QED) is 0.782. The van der Waals surface area contributed by atoms with Gasteiger partial charge in [-0.1, -0.05) is 11.8 Å². The van der Waals surface area contributed by atoms with Crippen LogP contribution in [0.4, 0.5) is 4.39 Å². The van der Waals surface area contributed by atoms with Gasteiger partial charge in [-0.3, -0.25) is 4.79 Å². The third-order valence-corrected chi connectivity index (χ3v) is 2.57. The Labute approximate surface area is 112 Å². The second-order valence-corrected chi connectivity index (χ2v) is 3.81. The predicted octanol–water partition coefficient (Wildman–Crippen LogP) is 0.590. The Morgan fingerprint density at radius 1 is 1.53 bits per heavy atom. The van der Waals surface area contributed by atoms with Gasteiger partial charge in [0.2, 0.25) is 0 Å². The summed E-state index contributed by atoms with van der Waals surface area (Å²) < 4.78 is 13.7. The summed E-state index contributed by atoms with van der Waals surface area (Å²) in [6.45, 7) is 2.38. The van der Waals surface area contributed by atoms with Gasteiger partial charge in [0.25, 0.3) is 5.91 Å². The lowest BCUT2D eigenvalue weighted by Crippen LogP contribution is -2.33. The Balaban J connectivity index is 3.07. The topological polar surface area (TPSA) is 66.6 Å². The molecule has 19 heavy (non-hydrogen) atoms. The molecule has 102 valence electrons. The van der Waals surface area contributed by atoms with Crippen molar-refractivity contribution in [3.8, 4) is 11.8 Å². The molecule has 1 amide bonds. The summed E-state index contributed by atoms with van der Waals surface area (Å²) in [5.74, 6) is 4.35. The molecular formula is C14H17FN2O2. The van der Waals surface area contributed by atoms with Gasteiger partial charge in [-0.25, -0.2) is 4.39 Å². The standard InChI is InChI=1S/C14H17FN2O2/c1-2-17(8-9-18)14(19)12-10-11(4-3-7-16)5-6-13(12)15/h5-6,10,18H,2,7-9,16H2,1H3. The fraction of sp³-hybridized carbons (Fsp3) is 0.357. The number of aliphatic hydroxyl groups excluding tert-OH is 1. The summed E-state index contributed by atoms with van der Waals surface area (Å²) in [4.78, 5) is 13.5. The summed E-state index contributed by atoms with van der Waals surface area (Å²) in [7, 11) is 0. The second-order valence-electron chi connectivity index (χ2n) is 3.81. The number of amides is 1. The molecule has 4 nitrogen and oxygen atoms in total. The van der Waals surface area contributed by atoms with E-state index in [1.807, 2.05) is 0 Å². The van der Waals surface area contributed by atoms with Crippen LogP contribution in [-0.2, 0) is 0 Å². The molecule has 1 aromatic carbocycles. The molecule has 5 heteroatoms. The molecule has 1 aromatic rings. The Morgan fingerprint density at radius 2 is 2.26 bits per heavy atom. The number of aliphatic hydroxyl groups is 1. The maximum atomic E-state index is 13.7. The average Bonchev–Trinajstić information content (AvgIpc) is 2.43. The monoisotopic (exact) mass is 264 g/mol. The number of likely N-dealkylation sites (N-methyl/N-ethyl adjacent to an activating group) is 1. The summed E-state index contributed by atoms with van der Waals surface area (Å²) >= 11 is 0. The average molecular weight is 264 g/mol. The molecule has 0 atom stereocenters. The number of carbonyl (C=O) groups excluding carboxylic acids is 1. The zero-order valence-corrected chi connectivity index (χ0v) is 10.8. The van der Waals surface area contributed by atoms with Crippen molar-refractivity contribution in [1.29, 1.82) is 0 Å². The molecule has 0 radical (unpaired) electrons. The van der Waals surface area contributed by atoms with Gasteiger partial charge >= 0.3 is 0 Å². The second kappa shape index (κ2) is 7.52. The highest BCUT2D eigenvalue weighted by Crippen LogP contribution is 2.13. The lowest BCUT2D eigenvalue weighted by atomic mass is 10.1. The molecule has 0 saturated heterocycles. The number of benzene rings is 1. The first-order valence-electron chi connectivity index (χ1n) is 6.02. The molecule has 0 spiro atoms. The van der Waals surface area contributed by atoms with Crippen LogP contribution in [0.15, 0.2) is 18.2 Å². The van der Waals surface area contributed by atoms with Gasteiger partial charge in [-0.2, -0.15) is 0 Å². The summed E-state index contributed by atoms with van der Waals surface area (Å²) in [6, 6.07) is 4.11. The number of nitrogens with two attached hydrogens (primary N) is 1. The number of hydrogen-bond acceptors (Lipinski definition) is 3. The fourth-order valence-corrected chi connectivity index (χ4v) is 1.61. The van der Waals surface area contributed by atoms with E-state index in [4.69, 9.17) is 10.8 Å². The highest BCUT2D eigenvalue weighted by atomic mass is 19.1. The SMILES string of the molecule is CCN(CCO)C(=O)c1cc(C#CCN)ccc1F. The van der Waals surface area contributed by atoms with Gasteiger partial charge in [0.1, 0.15) is 5.82 Å². The minimum Gasteiger partial charge on any atom is -0.395 e. The van der Waals surface area contributed by atoms with E-state index in [1.165, 1.54) is 23.1 Å². The van der Waals surface area contributed by atoms with Crippen LogP contribution >= 0.6 is 0 Å². The molecule has 0 aliphatic rings. The van der Waals surface area contributed by atoms with Gasteiger partial charge in [0, 0.05) is 18.7 Å². The number of nitrogens with zero attached hydrogens (tertiary/aromatic N) is 1. The van der Waals surface area contributed by atoms with Crippen LogP contribution in [0.3, 0.4) is 0 Å². The Bertz CT molecular complexity index is 506. The van der Waals surface area contributed by atoms with Crippen LogP contribution in [0.2, 0.25) is 0 Å². The first-order valence-corrected chi connectivity index (χ1v) is 6.02. The van der Waals surface area contributed by atoms with Crippen LogP contribution in [-0.4, -0.2) is 42.2 Å². The van der Waals surface area contributed by atoms with Gasteiger partial charge < -0.3 is 15.7 Å². The Hall–Kier alpha value is -1.90. The largest absolute Gasteiger partial charge is 0.395 e. The van der Waals surface area contributed by atoms with E-state index in [0.717, 1.165) is 0 Å². The van der Waals surface area contributed by atoms with Crippen molar-refractivity contribution < 1.29 is 14.3 Å². The molecule has 0 saturated carbocycles. The predicted molar refractivity (Wildman–Crippen MR) is 71.0 cm³/mol. The van der Waals surface area contributed by atoms with Crippen LogP contribution in [0, 0.1) is 17.7 Å². The number of hydrogen-bond donors (Lipinski definition) is 2. The third-order valence-electron chi connectivity index (χ3n) is 2.57. The van der Waals surface area contributed by atoms with Crippen molar-refractivity contribution >= 4 is 5.91 Å². The minimum atomic E-state index is -0.598. The molecule has 0 aliphatic carbocycles. The molecular weight excluding hydrogens is 247 g/mol. The molecule has 1 rings (SSSR count). The molecule has 0 bridgehead atoms. The third kappa shape index (κ3) is 4.05. The van der Waals surface area contributed by atoms with E-state index in [2.05, 4.69) is 11.8 Å². The van der Waals surface area contributed by atoms with E-state index in [-0.39, 0.29) is 25.3 Å². The van der Waals surface area contributed by atoms with Crippen molar-refractivity contribution in [3.63, 3.8) is 0 Å². The first kappa shape index (κ1) is 15.2. The highest BCUT2D eigenvalue weighted by molar-refractivity contribution is 5.94. The fourth-order valence-electron chi connectivity index (χ4n) is 1.61. The number of rotatable bonds is 4. The zero-order valence-electron chi connectivity index (χ0n) is 10.8. The van der Waals surface area contributed by atoms with Crippen molar-refractivity contribution in [3.05, 3.63) is 35.1 Å². The smallest absolute Gasteiger partial charge is 0.256 e. The molecule has 3 N–H and O–H groups in total. The lowest BCUT2D eigenvalue weighted by Gasteiger charge is -2.20. The van der Waals surface area contributed by atoms with E-state index in [0.29, 0.717) is 12.1 Å². The normalized spacial score (nSPS) is 9.68. The van der Waals surface area contributed by atoms with E-state index < -0.39 is 11.7 Å². The maximum Gasteiger partial charge on any atom is 0.256 e. The van der Waals surface area contributed by atoms with Gasteiger partial charge in [-0.15, -0.1) is 0 Å². The highest BCUT2D eigenvalue weighted by Gasteiger charge is 2.17. The van der Waals surface area contributed by atoms with E-state index in [1.54, 1.807) is 6.92 Å². The Morgan fingerprint density at radius 3 is 2.84 bits per heavy atom. The van der Waals surface area contributed by atoms with Crippen molar-refractivity contribution in [1.82, 2.24) is 4.90 Å². The first-order chi connectivity index (χ1) is 9.13. The molecule has 0 aromatic heterocycles. The van der Waals surface area contributed by atoms with Crippen molar-refractivity contribution in [2.75, 3.05) is 26.2 Å². The van der Waals surface area contributed by atoms with Crippen LogP contribution in [0.25, 0.3) is 0 Å². The van der Waals surface area contributed by atoms with E-state index >= 15 is 0 Å². The van der Waals surface area contributed by atoms with Gasteiger partial charge in [0.15, 0.2) is 0 Å². The zero-order chi connectivity index (χ0) is 14.3. The van der Waals surface area contributed by atoms with Gasteiger partial charge in [0.05, 0.1) is 18.7 Å². The van der Waals surface area contributed by atoms with Crippen LogP contribution in [0.5, 0.6) is 0 Å². The lowest BCUT2D eigenvalue weighted by molar-refractivity contribution is 0.0727. The van der Waals surface area contributed by atoms with Crippen molar-refractivity contribution in [2.45, 2.75) is 6.92 Å². The van der Waals surface area contributed by atoms with Gasteiger partial charge in [-0.05, 0) is 25.1 Å². The molecule has 0 aliphatic heterocycles. The molecule has 0 fully saturated rings. The summed E-state index contributed by atoms with van der Waals surface area (Å²) in [6.07, 6.45) is 0. The number of halogens is 1.